The van der Waals surface area contributed by atoms with E-state index < -0.39 is 0 Å². The van der Waals surface area contributed by atoms with E-state index in [0.29, 0.717) is 0 Å². The summed E-state index contributed by atoms with van der Waals surface area (Å²) < 4.78 is 0. The molecule has 0 aliphatic rings. The van der Waals surface area contributed by atoms with Gasteiger partial charge in [0, 0.05) is 12.2 Å². The molecule has 1 aromatic rings. The molecule has 2 N–H and O–H groups in total. The number of rotatable bonds is 2. The normalized spacial score (nSPS) is 10.8. The smallest absolute Gasteiger partial charge is 0.0373 e. The van der Waals surface area contributed by atoms with Crippen molar-refractivity contribution in [2.75, 3.05) is 19.8 Å². The molecule has 2 nitrogen and oxygen atoms in total. The van der Waals surface area contributed by atoms with Crippen LogP contribution in [0.5, 0.6) is 0 Å². The lowest BCUT2D eigenvalue weighted by atomic mass is 10.0. The first kappa shape index (κ1) is 10.1. The first-order valence-corrected chi connectivity index (χ1v) is 4.51. The third-order valence-electron chi connectivity index (χ3n) is 2.15. The number of nitrogen functional groups attached to an aromatic ring is 1. The number of benzene rings is 1. The Morgan fingerprint density at radius 3 is 2.00 bits per heavy atom. The van der Waals surface area contributed by atoms with Crippen LogP contribution in [0.1, 0.15) is 16.7 Å². The van der Waals surface area contributed by atoms with Crippen molar-refractivity contribution in [3.8, 4) is 0 Å². The van der Waals surface area contributed by atoms with Crippen molar-refractivity contribution in [3.63, 3.8) is 0 Å². The fraction of sp³-hybridized carbons (Fsp3) is 0.455. The van der Waals surface area contributed by atoms with E-state index in [1.54, 1.807) is 0 Å². The average molecular weight is 178 g/mol. The van der Waals surface area contributed by atoms with Gasteiger partial charge in [0.15, 0.2) is 0 Å². The van der Waals surface area contributed by atoms with Crippen LogP contribution >= 0.6 is 0 Å². The zero-order chi connectivity index (χ0) is 10.0. The molecule has 0 fully saturated rings. The summed E-state index contributed by atoms with van der Waals surface area (Å²) in [5.41, 5.74) is 10.5. The van der Waals surface area contributed by atoms with Crippen LogP contribution < -0.4 is 5.73 Å². The van der Waals surface area contributed by atoms with Crippen molar-refractivity contribution in [2.45, 2.75) is 20.4 Å². The largest absolute Gasteiger partial charge is 0.398 e. The van der Waals surface area contributed by atoms with Crippen molar-refractivity contribution in [1.82, 2.24) is 4.90 Å². The van der Waals surface area contributed by atoms with Gasteiger partial charge in [0.25, 0.3) is 0 Å². The highest BCUT2D eigenvalue weighted by atomic mass is 15.0. The highest BCUT2D eigenvalue weighted by Gasteiger charge is 2.01. The molecule has 2 heteroatoms. The summed E-state index contributed by atoms with van der Waals surface area (Å²) in [5.74, 6) is 0. The molecule has 1 aromatic carbocycles. The predicted octanol–water partition coefficient (Wildman–Crippen LogP) is 1.95. The fourth-order valence-corrected chi connectivity index (χ4v) is 1.52. The van der Waals surface area contributed by atoms with Crippen molar-refractivity contribution in [1.29, 1.82) is 0 Å². The van der Waals surface area contributed by atoms with Crippen LogP contribution in [0.3, 0.4) is 0 Å². The zero-order valence-electron chi connectivity index (χ0n) is 8.89. The molecule has 0 saturated carbocycles. The van der Waals surface area contributed by atoms with Gasteiger partial charge in [-0.25, -0.2) is 0 Å². The molecule has 13 heavy (non-hydrogen) atoms. The number of anilines is 1. The molecule has 0 aromatic heterocycles. The molecular formula is C11H18N2. The monoisotopic (exact) mass is 178 g/mol. The lowest BCUT2D eigenvalue weighted by Gasteiger charge is -2.12. The Labute approximate surface area is 80.4 Å². The Kier molecular flexibility index (Phi) is 2.94. The molecule has 0 aliphatic heterocycles. The van der Waals surface area contributed by atoms with Crippen LogP contribution in [0.2, 0.25) is 0 Å². The van der Waals surface area contributed by atoms with Crippen LogP contribution in [0.15, 0.2) is 12.1 Å². The van der Waals surface area contributed by atoms with Crippen molar-refractivity contribution in [2.24, 2.45) is 0 Å². The molecule has 1 rings (SSSR count). The second kappa shape index (κ2) is 3.79. The summed E-state index contributed by atoms with van der Waals surface area (Å²) in [6.45, 7) is 5.09. The molecule has 0 spiro atoms. The topological polar surface area (TPSA) is 29.3 Å². The number of hydrogen-bond donors (Lipinski definition) is 1. The van der Waals surface area contributed by atoms with Crippen LogP contribution in [0, 0.1) is 13.8 Å². The van der Waals surface area contributed by atoms with Gasteiger partial charge < -0.3 is 10.6 Å². The maximum atomic E-state index is 5.87. The second-order valence-electron chi connectivity index (χ2n) is 3.88. The molecule has 0 heterocycles. The maximum absolute atomic E-state index is 5.87. The van der Waals surface area contributed by atoms with Crippen molar-refractivity contribution in [3.05, 3.63) is 28.8 Å². The van der Waals surface area contributed by atoms with E-state index in [0.717, 1.165) is 12.2 Å². The zero-order valence-corrected chi connectivity index (χ0v) is 8.89. The van der Waals surface area contributed by atoms with Crippen LogP contribution in [-0.2, 0) is 6.54 Å². The quantitative estimate of drug-likeness (QED) is 0.701. The second-order valence-corrected chi connectivity index (χ2v) is 3.88. The van der Waals surface area contributed by atoms with Gasteiger partial charge in [0.2, 0.25) is 0 Å². The Hall–Kier alpha value is -1.02. The van der Waals surface area contributed by atoms with E-state index in [9.17, 15) is 0 Å². The van der Waals surface area contributed by atoms with E-state index >= 15 is 0 Å². The van der Waals surface area contributed by atoms with Gasteiger partial charge in [-0.3, -0.25) is 0 Å². The molecule has 0 radical (unpaired) electrons. The third-order valence-corrected chi connectivity index (χ3v) is 2.15. The number of hydrogen-bond acceptors (Lipinski definition) is 2. The van der Waals surface area contributed by atoms with E-state index in [1.165, 1.54) is 16.7 Å². The summed E-state index contributed by atoms with van der Waals surface area (Å²) in [7, 11) is 4.14. The standard InChI is InChI=1S/C11H18N2/c1-8-5-10(7-13(3)4)6-9(2)11(8)12/h5-6H,7,12H2,1-4H3. The molecular weight excluding hydrogens is 160 g/mol. The van der Waals surface area contributed by atoms with Crippen molar-refractivity contribution >= 4 is 5.69 Å². The molecule has 0 atom stereocenters. The van der Waals surface area contributed by atoms with Crippen LogP contribution in [-0.4, -0.2) is 19.0 Å². The van der Waals surface area contributed by atoms with Gasteiger partial charge in [-0.15, -0.1) is 0 Å². The first-order chi connectivity index (χ1) is 6.00. The Morgan fingerprint density at radius 1 is 1.15 bits per heavy atom. The minimum Gasteiger partial charge on any atom is -0.398 e. The maximum Gasteiger partial charge on any atom is 0.0373 e. The molecule has 0 amide bonds. The van der Waals surface area contributed by atoms with E-state index in [1.807, 2.05) is 0 Å². The molecule has 0 bridgehead atoms. The Morgan fingerprint density at radius 2 is 1.62 bits per heavy atom. The van der Waals surface area contributed by atoms with E-state index in [4.69, 9.17) is 5.73 Å². The number of nitrogens with zero attached hydrogens (tertiary/aromatic N) is 1. The average Bonchev–Trinajstić information content (AvgIpc) is 1.98. The van der Waals surface area contributed by atoms with Gasteiger partial charge in [0.1, 0.15) is 0 Å². The van der Waals surface area contributed by atoms with Crippen LogP contribution in [0.4, 0.5) is 5.69 Å². The molecule has 0 aliphatic carbocycles. The van der Waals surface area contributed by atoms with Gasteiger partial charge in [-0.1, -0.05) is 12.1 Å². The molecule has 0 unspecified atom stereocenters. The fourth-order valence-electron chi connectivity index (χ4n) is 1.52. The van der Waals surface area contributed by atoms with Gasteiger partial charge in [-0.2, -0.15) is 0 Å². The lowest BCUT2D eigenvalue weighted by Crippen LogP contribution is -2.11. The summed E-state index contributed by atoms with van der Waals surface area (Å²) in [4.78, 5) is 2.16. The lowest BCUT2D eigenvalue weighted by molar-refractivity contribution is 0.402. The highest BCUT2D eigenvalue weighted by molar-refractivity contribution is 5.54. The summed E-state index contributed by atoms with van der Waals surface area (Å²) in [6, 6.07) is 4.31. The Bertz CT molecular complexity index is 280. The number of nitrogens with two attached hydrogens (primary N) is 1. The summed E-state index contributed by atoms with van der Waals surface area (Å²) >= 11 is 0. The SMILES string of the molecule is Cc1cc(CN(C)C)cc(C)c1N. The van der Waals surface area contributed by atoms with Gasteiger partial charge in [-0.05, 0) is 44.6 Å². The molecule has 72 valence electrons. The van der Waals surface area contributed by atoms with E-state index in [-0.39, 0.29) is 0 Å². The first-order valence-electron chi connectivity index (χ1n) is 4.51. The Balaban J connectivity index is 2.99. The highest BCUT2D eigenvalue weighted by Crippen LogP contribution is 2.18. The van der Waals surface area contributed by atoms with Crippen LogP contribution in [0.25, 0.3) is 0 Å². The minimum absolute atomic E-state index is 0.919. The van der Waals surface area contributed by atoms with Crippen molar-refractivity contribution < 1.29 is 0 Å². The third kappa shape index (κ3) is 2.46. The predicted molar refractivity (Wildman–Crippen MR) is 57.7 cm³/mol. The minimum atomic E-state index is 0.919. The summed E-state index contributed by atoms with van der Waals surface area (Å²) in [5, 5.41) is 0. The van der Waals surface area contributed by atoms with Gasteiger partial charge >= 0.3 is 0 Å². The van der Waals surface area contributed by atoms with Gasteiger partial charge in [0.05, 0.1) is 0 Å². The van der Waals surface area contributed by atoms with E-state index in [2.05, 4.69) is 45.0 Å². The number of aryl methyl sites for hydroxylation is 2. The molecule has 0 saturated heterocycles. The summed E-state index contributed by atoms with van der Waals surface area (Å²) in [6.07, 6.45) is 0.